The van der Waals surface area contributed by atoms with Crippen LogP contribution in [0.25, 0.3) is 6.08 Å². The number of ether oxygens (including phenoxy) is 1. The molecule has 0 bridgehead atoms. The zero-order chi connectivity index (χ0) is 23.0. The van der Waals surface area contributed by atoms with Crippen LogP contribution in [0.1, 0.15) is 53.4 Å². The molecule has 2 aromatic rings. The molecule has 0 aliphatic carbocycles. The molecule has 1 heterocycles. The summed E-state index contributed by atoms with van der Waals surface area (Å²) < 4.78 is 32.3. The van der Waals surface area contributed by atoms with Crippen molar-refractivity contribution in [1.29, 1.82) is 0 Å². The van der Waals surface area contributed by atoms with Gasteiger partial charge in [0.05, 0.1) is 4.90 Å². The minimum Gasteiger partial charge on any atom is -0.457 e. The first-order valence-corrected chi connectivity index (χ1v) is 11.5. The lowest BCUT2D eigenvalue weighted by atomic mass is 9.91. The van der Waals surface area contributed by atoms with E-state index in [2.05, 4.69) is 0 Å². The van der Waals surface area contributed by atoms with Gasteiger partial charge in [-0.05, 0) is 82.0 Å². The summed E-state index contributed by atoms with van der Waals surface area (Å²) in [5.41, 5.74) is 3.03. The Kier molecular flexibility index (Phi) is 6.09. The summed E-state index contributed by atoms with van der Waals surface area (Å²) in [7, 11) is -3.95. The van der Waals surface area contributed by atoms with Crippen molar-refractivity contribution in [3.05, 3.63) is 70.3 Å². The molecule has 1 amide bonds. The highest BCUT2D eigenvalue weighted by Gasteiger charge is 2.35. The Balaban J connectivity index is 1.94. The number of rotatable bonds is 4. The lowest BCUT2D eigenvalue weighted by molar-refractivity contribution is -0.148. The lowest BCUT2D eigenvalue weighted by Gasteiger charge is -2.29. The van der Waals surface area contributed by atoms with E-state index in [1.165, 1.54) is 18.2 Å². The van der Waals surface area contributed by atoms with Gasteiger partial charge in [0, 0.05) is 18.2 Å². The molecule has 0 saturated heterocycles. The monoisotopic (exact) mass is 441 g/mol. The maximum absolute atomic E-state index is 13.1. The first kappa shape index (κ1) is 22.7. The van der Waals surface area contributed by atoms with E-state index < -0.39 is 27.5 Å². The Morgan fingerprint density at radius 3 is 2.32 bits per heavy atom. The first-order chi connectivity index (χ1) is 14.4. The predicted molar refractivity (Wildman–Crippen MR) is 119 cm³/mol. The number of aryl methyl sites for hydroxylation is 2. The fraction of sp³-hybridized carbons (Fsp3) is 0.333. The maximum atomic E-state index is 13.1. The standard InChI is InChI=1S/C24H27NO5S/c1-16-6-9-18(10-7-16)31(28,29)25-15-14-20-19(12-13-22(26)30-24(3,4)5)17(2)8-11-21(20)23(25)27/h6-13H,14-15H2,1-5H3/b13-12+. The van der Waals surface area contributed by atoms with Gasteiger partial charge >= 0.3 is 5.97 Å². The third-order valence-corrected chi connectivity index (χ3v) is 6.80. The van der Waals surface area contributed by atoms with Crippen molar-refractivity contribution < 1.29 is 22.7 Å². The molecule has 0 fully saturated rings. The van der Waals surface area contributed by atoms with Crippen molar-refractivity contribution in [2.45, 2.75) is 51.5 Å². The third-order valence-electron chi connectivity index (χ3n) is 5.00. The number of amides is 1. The van der Waals surface area contributed by atoms with E-state index in [0.717, 1.165) is 26.6 Å². The molecule has 0 unspecified atom stereocenters. The summed E-state index contributed by atoms with van der Waals surface area (Å²) in [5, 5.41) is 0. The van der Waals surface area contributed by atoms with Gasteiger partial charge in [0.1, 0.15) is 5.60 Å². The molecule has 6 nitrogen and oxygen atoms in total. The number of benzene rings is 2. The molecule has 31 heavy (non-hydrogen) atoms. The van der Waals surface area contributed by atoms with Crippen LogP contribution in [0, 0.1) is 13.8 Å². The Morgan fingerprint density at radius 1 is 1.06 bits per heavy atom. The molecular formula is C24H27NO5S. The lowest BCUT2D eigenvalue weighted by Crippen LogP contribution is -2.42. The predicted octanol–water partition coefficient (Wildman–Crippen LogP) is 4.05. The highest BCUT2D eigenvalue weighted by Crippen LogP contribution is 2.29. The largest absolute Gasteiger partial charge is 0.457 e. The maximum Gasteiger partial charge on any atom is 0.331 e. The Bertz CT molecular complexity index is 1160. The van der Waals surface area contributed by atoms with Crippen molar-refractivity contribution in [3.8, 4) is 0 Å². The van der Waals surface area contributed by atoms with Gasteiger partial charge in [0.25, 0.3) is 15.9 Å². The fourth-order valence-corrected chi connectivity index (χ4v) is 4.87. The van der Waals surface area contributed by atoms with Crippen LogP contribution in [0.15, 0.2) is 47.4 Å². The molecule has 3 rings (SSSR count). The molecule has 0 radical (unpaired) electrons. The van der Waals surface area contributed by atoms with Crippen molar-refractivity contribution >= 4 is 28.0 Å². The number of nitrogens with zero attached hydrogens (tertiary/aromatic N) is 1. The molecule has 0 spiro atoms. The number of hydrogen-bond donors (Lipinski definition) is 0. The average molecular weight is 442 g/mol. The first-order valence-electron chi connectivity index (χ1n) is 10.1. The number of fused-ring (bicyclic) bond motifs is 1. The summed E-state index contributed by atoms with van der Waals surface area (Å²) in [6, 6.07) is 9.84. The second kappa shape index (κ2) is 8.30. The van der Waals surface area contributed by atoms with Gasteiger partial charge in [0.2, 0.25) is 0 Å². The van der Waals surface area contributed by atoms with Crippen molar-refractivity contribution in [2.24, 2.45) is 0 Å². The number of carbonyl (C=O) groups is 2. The molecule has 7 heteroatoms. The van der Waals surface area contributed by atoms with E-state index in [1.54, 1.807) is 51.1 Å². The van der Waals surface area contributed by atoms with Crippen LogP contribution in [0.4, 0.5) is 0 Å². The number of hydrogen-bond acceptors (Lipinski definition) is 5. The van der Waals surface area contributed by atoms with Gasteiger partial charge in [-0.3, -0.25) is 4.79 Å². The summed E-state index contributed by atoms with van der Waals surface area (Å²) in [4.78, 5) is 25.3. The second-order valence-corrected chi connectivity index (χ2v) is 10.5. The van der Waals surface area contributed by atoms with Crippen molar-refractivity contribution in [1.82, 2.24) is 4.31 Å². The Morgan fingerprint density at radius 2 is 1.71 bits per heavy atom. The zero-order valence-corrected chi connectivity index (χ0v) is 19.2. The van der Waals surface area contributed by atoms with Crippen LogP contribution >= 0.6 is 0 Å². The number of sulfonamides is 1. The normalized spacial score (nSPS) is 14.6. The van der Waals surface area contributed by atoms with E-state index in [4.69, 9.17) is 4.74 Å². The average Bonchev–Trinajstić information content (AvgIpc) is 2.66. The zero-order valence-electron chi connectivity index (χ0n) is 18.4. The van der Waals surface area contributed by atoms with Crippen LogP contribution in [0.5, 0.6) is 0 Å². The SMILES string of the molecule is Cc1ccc(S(=O)(=O)N2CCc3c(ccc(C)c3/C=C/C(=O)OC(C)(C)C)C2=O)cc1. The molecule has 1 aliphatic rings. The van der Waals surface area contributed by atoms with Crippen LogP contribution in [-0.2, 0) is 26.0 Å². The Labute approximate surface area is 183 Å². The molecule has 2 aromatic carbocycles. The Hall–Kier alpha value is -2.93. The van der Waals surface area contributed by atoms with Crippen LogP contribution in [-0.4, -0.2) is 36.7 Å². The highest BCUT2D eigenvalue weighted by atomic mass is 32.2. The third kappa shape index (κ3) is 4.88. The van der Waals surface area contributed by atoms with Crippen molar-refractivity contribution in [2.75, 3.05) is 6.54 Å². The quantitative estimate of drug-likeness (QED) is 0.528. The van der Waals surface area contributed by atoms with E-state index in [0.29, 0.717) is 12.0 Å². The summed E-state index contributed by atoms with van der Waals surface area (Å²) in [6.45, 7) is 9.16. The van der Waals surface area contributed by atoms with Crippen molar-refractivity contribution in [3.63, 3.8) is 0 Å². The molecule has 0 N–H and O–H groups in total. The smallest absolute Gasteiger partial charge is 0.331 e. The molecule has 1 aliphatic heterocycles. The van der Waals surface area contributed by atoms with E-state index in [1.807, 2.05) is 13.8 Å². The van der Waals surface area contributed by atoms with Crippen LogP contribution in [0.2, 0.25) is 0 Å². The summed E-state index contributed by atoms with van der Waals surface area (Å²) in [6.07, 6.45) is 3.34. The van der Waals surface area contributed by atoms with E-state index in [9.17, 15) is 18.0 Å². The highest BCUT2D eigenvalue weighted by molar-refractivity contribution is 7.89. The van der Waals surface area contributed by atoms with Gasteiger partial charge in [-0.1, -0.05) is 23.8 Å². The second-order valence-electron chi connectivity index (χ2n) is 8.63. The van der Waals surface area contributed by atoms with Crippen LogP contribution in [0.3, 0.4) is 0 Å². The van der Waals surface area contributed by atoms with Gasteiger partial charge in [0.15, 0.2) is 0 Å². The molecule has 0 saturated carbocycles. The molecule has 0 aromatic heterocycles. The topological polar surface area (TPSA) is 80.8 Å². The fourth-order valence-electron chi connectivity index (χ4n) is 3.49. The van der Waals surface area contributed by atoms with Gasteiger partial charge in [-0.2, -0.15) is 0 Å². The number of esters is 1. The van der Waals surface area contributed by atoms with Crippen LogP contribution < -0.4 is 0 Å². The van der Waals surface area contributed by atoms with Gasteiger partial charge in [-0.15, -0.1) is 0 Å². The van der Waals surface area contributed by atoms with Gasteiger partial charge < -0.3 is 4.74 Å². The van der Waals surface area contributed by atoms with E-state index in [-0.39, 0.29) is 11.4 Å². The summed E-state index contributed by atoms with van der Waals surface area (Å²) >= 11 is 0. The molecule has 164 valence electrons. The minimum atomic E-state index is -3.95. The summed E-state index contributed by atoms with van der Waals surface area (Å²) in [5.74, 6) is -1.04. The minimum absolute atomic E-state index is 0.0405. The molecule has 0 atom stereocenters. The van der Waals surface area contributed by atoms with E-state index >= 15 is 0 Å². The van der Waals surface area contributed by atoms with Gasteiger partial charge in [-0.25, -0.2) is 17.5 Å². The molecular weight excluding hydrogens is 414 g/mol. The number of carbonyl (C=O) groups excluding carboxylic acids is 2.